The number of nitrogens with one attached hydrogen (secondary N) is 2. The van der Waals surface area contributed by atoms with Crippen LogP contribution in [-0.2, 0) is 15.1 Å². The SMILES string of the molecule is CC#CCOC(=O)n1ccc(C2(C)CC(=O)N(C)C(=N)N2)c1. The minimum absolute atomic E-state index is 0.0340. The van der Waals surface area contributed by atoms with Gasteiger partial charge in [-0.25, -0.2) is 4.79 Å². The zero-order valence-corrected chi connectivity index (χ0v) is 12.8. The second-order valence-electron chi connectivity index (χ2n) is 5.22. The van der Waals surface area contributed by atoms with Gasteiger partial charge in [-0.15, -0.1) is 5.92 Å². The lowest BCUT2D eigenvalue weighted by Crippen LogP contribution is -2.58. The summed E-state index contributed by atoms with van der Waals surface area (Å²) in [5, 5.41) is 10.8. The highest BCUT2D eigenvalue weighted by Gasteiger charge is 2.38. The van der Waals surface area contributed by atoms with Crippen LogP contribution in [0.4, 0.5) is 4.79 Å². The first-order valence-electron chi connectivity index (χ1n) is 6.76. The fourth-order valence-corrected chi connectivity index (χ4v) is 2.19. The molecule has 7 nitrogen and oxygen atoms in total. The molecule has 7 heteroatoms. The Labute approximate surface area is 128 Å². The molecule has 0 aliphatic carbocycles. The van der Waals surface area contributed by atoms with E-state index in [-0.39, 0.29) is 24.9 Å². The van der Waals surface area contributed by atoms with Crippen LogP contribution in [0.1, 0.15) is 25.8 Å². The molecular formula is C15H18N4O3. The van der Waals surface area contributed by atoms with E-state index in [1.807, 2.05) is 6.92 Å². The number of carbonyl (C=O) groups excluding carboxylic acids is 2. The molecule has 1 unspecified atom stereocenters. The Morgan fingerprint density at radius 1 is 1.59 bits per heavy atom. The first-order chi connectivity index (χ1) is 10.4. The van der Waals surface area contributed by atoms with Crippen molar-refractivity contribution in [1.29, 1.82) is 5.41 Å². The van der Waals surface area contributed by atoms with Crippen LogP contribution in [0.3, 0.4) is 0 Å². The summed E-state index contributed by atoms with van der Waals surface area (Å²) in [5.74, 6) is 5.17. The smallest absolute Gasteiger partial charge is 0.418 e. The minimum Gasteiger partial charge on any atom is -0.436 e. The molecule has 1 aromatic rings. The van der Waals surface area contributed by atoms with E-state index in [1.165, 1.54) is 9.47 Å². The molecule has 2 N–H and O–H groups in total. The Kier molecular flexibility index (Phi) is 4.22. The number of rotatable bonds is 2. The molecule has 2 heterocycles. The molecule has 1 aromatic heterocycles. The quantitative estimate of drug-likeness (QED) is 0.801. The van der Waals surface area contributed by atoms with Crippen LogP contribution in [0.15, 0.2) is 18.5 Å². The molecule has 0 spiro atoms. The molecule has 0 bridgehead atoms. The van der Waals surface area contributed by atoms with Crippen molar-refractivity contribution in [2.45, 2.75) is 25.8 Å². The van der Waals surface area contributed by atoms with Crippen LogP contribution in [0.5, 0.6) is 0 Å². The maximum atomic E-state index is 11.9. The summed E-state index contributed by atoms with van der Waals surface area (Å²) in [6.45, 7) is 3.52. The molecular weight excluding hydrogens is 284 g/mol. The monoisotopic (exact) mass is 302 g/mol. The predicted molar refractivity (Wildman–Crippen MR) is 80.2 cm³/mol. The molecule has 0 saturated carbocycles. The van der Waals surface area contributed by atoms with Gasteiger partial charge in [0.15, 0.2) is 12.6 Å². The third kappa shape index (κ3) is 2.96. The Bertz CT molecular complexity index is 662. The third-order valence-corrected chi connectivity index (χ3v) is 3.59. The van der Waals surface area contributed by atoms with E-state index in [0.29, 0.717) is 0 Å². The maximum Gasteiger partial charge on any atom is 0.418 e. The van der Waals surface area contributed by atoms with E-state index in [1.54, 1.807) is 32.4 Å². The van der Waals surface area contributed by atoms with Gasteiger partial charge in [0, 0.05) is 19.4 Å². The highest BCUT2D eigenvalue weighted by molar-refractivity contribution is 5.98. The van der Waals surface area contributed by atoms with Gasteiger partial charge >= 0.3 is 6.09 Å². The lowest BCUT2D eigenvalue weighted by atomic mass is 9.88. The molecule has 0 aromatic carbocycles. The van der Waals surface area contributed by atoms with Gasteiger partial charge in [-0.2, -0.15) is 0 Å². The van der Waals surface area contributed by atoms with Gasteiger partial charge in [0.05, 0.1) is 12.0 Å². The van der Waals surface area contributed by atoms with Crippen LogP contribution < -0.4 is 5.32 Å². The Hall–Kier alpha value is -2.75. The standard InChI is InChI=1S/C15H18N4O3/c1-4-5-8-22-14(21)19-7-6-11(10-19)15(2)9-12(20)18(3)13(16)17-15/h6-7,10H,8-9H2,1-3H3,(H2,16,17). The van der Waals surface area contributed by atoms with Crippen molar-refractivity contribution >= 4 is 18.0 Å². The first kappa shape index (κ1) is 15.6. The van der Waals surface area contributed by atoms with Crippen LogP contribution >= 0.6 is 0 Å². The molecule has 0 radical (unpaired) electrons. The fourth-order valence-electron chi connectivity index (χ4n) is 2.19. The van der Waals surface area contributed by atoms with E-state index in [4.69, 9.17) is 10.1 Å². The number of nitrogens with zero attached hydrogens (tertiary/aromatic N) is 2. The number of hydrogen-bond acceptors (Lipinski definition) is 4. The number of hydrogen-bond donors (Lipinski definition) is 2. The summed E-state index contributed by atoms with van der Waals surface area (Å²) >= 11 is 0. The molecule has 22 heavy (non-hydrogen) atoms. The van der Waals surface area contributed by atoms with Crippen LogP contribution in [-0.4, -0.2) is 41.1 Å². The molecule has 1 amide bonds. The summed E-state index contributed by atoms with van der Waals surface area (Å²) in [7, 11) is 1.55. The highest BCUT2D eigenvalue weighted by Crippen LogP contribution is 2.28. The number of aromatic nitrogens is 1. The largest absolute Gasteiger partial charge is 0.436 e. The average Bonchev–Trinajstić information content (AvgIpc) is 2.95. The van der Waals surface area contributed by atoms with E-state index in [2.05, 4.69) is 17.2 Å². The fraction of sp³-hybridized carbons (Fsp3) is 0.400. The number of carbonyl (C=O) groups is 2. The second kappa shape index (κ2) is 5.93. The predicted octanol–water partition coefficient (Wildman–Crippen LogP) is 1.10. The normalized spacial score (nSPS) is 21.0. The van der Waals surface area contributed by atoms with Crippen molar-refractivity contribution in [1.82, 2.24) is 14.8 Å². The third-order valence-electron chi connectivity index (χ3n) is 3.59. The zero-order valence-electron chi connectivity index (χ0n) is 12.8. The Morgan fingerprint density at radius 2 is 2.32 bits per heavy atom. The topological polar surface area (TPSA) is 87.4 Å². The summed E-state index contributed by atoms with van der Waals surface area (Å²) < 4.78 is 6.27. The van der Waals surface area contributed by atoms with E-state index in [9.17, 15) is 9.59 Å². The Balaban J connectivity index is 2.16. The zero-order chi connectivity index (χ0) is 16.3. The summed E-state index contributed by atoms with van der Waals surface area (Å²) in [4.78, 5) is 25.0. The number of guanidine groups is 1. The first-order valence-corrected chi connectivity index (χ1v) is 6.76. The Morgan fingerprint density at radius 3 is 2.95 bits per heavy atom. The van der Waals surface area contributed by atoms with Crippen molar-refractivity contribution in [3.8, 4) is 11.8 Å². The lowest BCUT2D eigenvalue weighted by molar-refractivity contribution is -0.129. The molecule has 1 aliphatic heterocycles. The molecule has 2 rings (SSSR count). The minimum atomic E-state index is -0.727. The van der Waals surface area contributed by atoms with Crippen molar-refractivity contribution in [3.63, 3.8) is 0 Å². The van der Waals surface area contributed by atoms with Crippen LogP contribution in [0.25, 0.3) is 0 Å². The summed E-state index contributed by atoms with van der Waals surface area (Å²) in [5.41, 5.74) is 0.00679. The molecule has 1 aliphatic rings. The molecule has 1 saturated heterocycles. The van der Waals surface area contributed by atoms with Gasteiger partial charge in [-0.05, 0) is 25.5 Å². The van der Waals surface area contributed by atoms with Gasteiger partial charge in [0.1, 0.15) is 0 Å². The van der Waals surface area contributed by atoms with E-state index < -0.39 is 11.6 Å². The van der Waals surface area contributed by atoms with Gasteiger partial charge in [0.25, 0.3) is 0 Å². The molecule has 1 fully saturated rings. The average molecular weight is 302 g/mol. The van der Waals surface area contributed by atoms with Gasteiger partial charge in [-0.3, -0.25) is 19.7 Å². The maximum absolute atomic E-state index is 11.9. The van der Waals surface area contributed by atoms with Gasteiger partial charge in [0.2, 0.25) is 5.91 Å². The summed E-state index contributed by atoms with van der Waals surface area (Å²) in [6, 6.07) is 1.73. The lowest BCUT2D eigenvalue weighted by Gasteiger charge is -2.38. The van der Waals surface area contributed by atoms with Crippen molar-refractivity contribution in [2.75, 3.05) is 13.7 Å². The van der Waals surface area contributed by atoms with Crippen LogP contribution in [0.2, 0.25) is 0 Å². The highest BCUT2D eigenvalue weighted by atomic mass is 16.5. The van der Waals surface area contributed by atoms with E-state index in [0.717, 1.165) is 5.56 Å². The van der Waals surface area contributed by atoms with Crippen LogP contribution in [0, 0.1) is 17.3 Å². The van der Waals surface area contributed by atoms with Crippen molar-refractivity contribution in [2.24, 2.45) is 0 Å². The van der Waals surface area contributed by atoms with Crippen molar-refractivity contribution < 1.29 is 14.3 Å². The van der Waals surface area contributed by atoms with Gasteiger partial charge < -0.3 is 10.1 Å². The number of amides is 1. The molecule has 1 atom stereocenters. The van der Waals surface area contributed by atoms with Gasteiger partial charge in [-0.1, -0.05) is 5.92 Å². The molecule has 116 valence electrons. The van der Waals surface area contributed by atoms with E-state index >= 15 is 0 Å². The van der Waals surface area contributed by atoms with Crippen molar-refractivity contribution in [3.05, 3.63) is 24.0 Å². The number of ether oxygens (including phenoxy) is 1. The second-order valence-corrected chi connectivity index (χ2v) is 5.22. The summed E-state index contributed by atoms with van der Waals surface area (Å²) in [6.07, 6.45) is 2.83.